The van der Waals surface area contributed by atoms with Crippen LogP contribution >= 0.6 is 0 Å². The third-order valence-corrected chi connectivity index (χ3v) is 1.54. The van der Waals surface area contributed by atoms with Crippen molar-refractivity contribution in [1.29, 1.82) is 0 Å². The summed E-state index contributed by atoms with van der Waals surface area (Å²) >= 11 is 0. The minimum Gasteiger partial charge on any atom is -0.375 e. The van der Waals surface area contributed by atoms with Gasteiger partial charge in [-0.1, -0.05) is 0 Å². The molecule has 2 heterocycles. The van der Waals surface area contributed by atoms with Gasteiger partial charge in [-0.3, -0.25) is 0 Å². The van der Waals surface area contributed by atoms with Crippen LogP contribution in [0.3, 0.4) is 0 Å². The number of aromatic nitrogens is 1. The van der Waals surface area contributed by atoms with Crippen LogP contribution < -0.4 is 0 Å². The third-order valence-electron chi connectivity index (χ3n) is 1.54. The molecular formula is C7H8NO. The summed E-state index contributed by atoms with van der Waals surface area (Å²) in [6, 6.07) is 2.07. The number of ether oxygens (including phenoxy) is 1. The number of nitrogens with one attached hydrogen (secondary N) is 1. The van der Waals surface area contributed by atoms with Crippen molar-refractivity contribution in [2.75, 3.05) is 6.61 Å². The van der Waals surface area contributed by atoms with E-state index in [2.05, 4.69) is 17.5 Å². The molecule has 0 amide bonds. The van der Waals surface area contributed by atoms with E-state index in [9.17, 15) is 0 Å². The van der Waals surface area contributed by atoms with Gasteiger partial charge in [-0.15, -0.1) is 0 Å². The Morgan fingerprint density at radius 2 is 2.56 bits per heavy atom. The van der Waals surface area contributed by atoms with E-state index >= 15 is 0 Å². The van der Waals surface area contributed by atoms with Crippen LogP contribution in [0.5, 0.6) is 0 Å². The fourth-order valence-corrected chi connectivity index (χ4v) is 1.04. The summed E-state index contributed by atoms with van der Waals surface area (Å²) in [5, 5.41) is 0. The molecule has 1 aromatic heterocycles. The van der Waals surface area contributed by atoms with Crippen LogP contribution in [-0.4, -0.2) is 11.6 Å². The summed E-state index contributed by atoms with van der Waals surface area (Å²) in [7, 11) is 0. The number of H-pyrrole nitrogens is 1. The molecule has 1 radical (unpaired) electrons. The summed E-state index contributed by atoms with van der Waals surface area (Å²) in [6.45, 7) is 1.49. The Kier molecular flexibility index (Phi) is 1.06. The van der Waals surface area contributed by atoms with Gasteiger partial charge in [0, 0.05) is 18.3 Å². The molecule has 0 saturated carbocycles. The summed E-state index contributed by atoms with van der Waals surface area (Å²) in [5.74, 6) is 0. The van der Waals surface area contributed by atoms with Gasteiger partial charge in [-0.05, 0) is 11.6 Å². The highest BCUT2D eigenvalue weighted by atomic mass is 16.5. The summed E-state index contributed by atoms with van der Waals surface area (Å²) < 4.78 is 5.17. The van der Waals surface area contributed by atoms with Gasteiger partial charge in [-0.2, -0.15) is 0 Å². The molecule has 1 aliphatic heterocycles. The first-order valence-electron chi connectivity index (χ1n) is 3.04. The number of hydrogen-bond acceptors (Lipinski definition) is 1. The van der Waals surface area contributed by atoms with Crippen LogP contribution in [0.2, 0.25) is 0 Å². The highest BCUT2D eigenvalue weighted by molar-refractivity contribution is 5.29. The molecule has 2 rings (SSSR count). The van der Waals surface area contributed by atoms with Crippen molar-refractivity contribution < 1.29 is 4.74 Å². The lowest BCUT2D eigenvalue weighted by Gasteiger charge is -2.10. The standard InChI is InChI=1S/C7H8NO/c1-3-8-7-5-9-4-2-6(1)7/h1-3,8H,4-5H2. The largest absolute Gasteiger partial charge is 0.375 e. The second-order valence-electron chi connectivity index (χ2n) is 2.13. The molecule has 9 heavy (non-hydrogen) atoms. The molecule has 0 unspecified atom stereocenters. The molecule has 2 heteroatoms. The highest BCUT2D eigenvalue weighted by Gasteiger charge is 2.08. The average molecular weight is 122 g/mol. The molecule has 1 N–H and O–H groups in total. The lowest BCUT2D eigenvalue weighted by molar-refractivity contribution is 0.130. The second-order valence-corrected chi connectivity index (χ2v) is 2.13. The Morgan fingerprint density at radius 3 is 3.44 bits per heavy atom. The van der Waals surface area contributed by atoms with Crippen molar-refractivity contribution in [1.82, 2.24) is 4.98 Å². The van der Waals surface area contributed by atoms with Crippen LogP contribution in [0.1, 0.15) is 11.3 Å². The van der Waals surface area contributed by atoms with E-state index in [0.29, 0.717) is 0 Å². The van der Waals surface area contributed by atoms with Crippen molar-refractivity contribution in [3.63, 3.8) is 0 Å². The van der Waals surface area contributed by atoms with Crippen LogP contribution in [0.25, 0.3) is 0 Å². The van der Waals surface area contributed by atoms with Crippen molar-refractivity contribution in [2.45, 2.75) is 6.61 Å². The van der Waals surface area contributed by atoms with Crippen LogP contribution in [0, 0.1) is 6.42 Å². The Bertz CT molecular complexity index is 184. The van der Waals surface area contributed by atoms with Gasteiger partial charge in [0.1, 0.15) is 0 Å². The smallest absolute Gasteiger partial charge is 0.0868 e. The maximum Gasteiger partial charge on any atom is 0.0868 e. The Labute approximate surface area is 53.8 Å². The van der Waals surface area contributed by atoms with Crippen molar-refractivity contribution in [2.24, 2.45) is 0 Å². The Morgan fingerprint density at radius 1 is 1.56 bits per heavy atom. The molecule has 0 saturated heterocycles. The topological polar surface area (TPSA) is 25.0 Å². The average Bonchev–Trinajstić information content (AvgIpc) is 2.33. The van der Waals surface area contributed by atoms with Crippen LogP contribution in [0.4, 0.5) is 0 Å². The van der Waals surface area contributed by atoms with Gasteiger partial charge >= 0.3 is 0 Å². The Balaban J connectivity index is 2.39. The molecule has 2 nitrogen and oxygen atoms in total. The summed E-state index contributed by atoms with van der Waals surface area (Å²) in [6.07, 6.45) is 4.02. The van der Waals surface area contributed by atoms with Gasteiger partial charge in [-0.25, -0.2) is 0 Å². The number of fused-ring (bicyclic) bond motifs is 1. The van der Waals surface area contributed by atoms with Crippen LogP contribution in [0.15, 0.2) is 12.3 Å². The zero-order valence-electron chi connectivity index (χ0n) is 5.05. The monoisotopic (exact) mass is 122 g/mol. The molecule has 1 aromatic rings. The molecular weight excluding hydrogens is 114 g/mol. The summed E-state index contributed by atoms with van der Waals surface area (Å²) in [4.78, 5) is 3.10. The van der Waals surface area contributed by atoms with E-state index in [4.69, 9.17) is 4.74 Å². The first-order chi connectivity index (χ1) is 4.47. The van der Waals surface area contributed by atoms with Gasteiger partial charge < -0.3 is 9.72 Å². The fraction of sp³-hybridized carbons (Fsp3) is 0.286. The zero-order valence-corrected chi connectivity index (χ0v) is 5.05. The first-order valence-corrected chi connectivity index (χ1v) is 3.04. The van der Waals surface area contributed by atoms with Crippen molar-refractivity contribution in [3.05, 3.63) is 29.9 Å². The number of aromatic amines is 1. The minimum absolute atomic E-state index is 0.735. The van der Waals surface area contributed by atoms with Crippen molar-refractivity contribution in [3.8, 4) is 0 Å². The van der Waals surface area contributed by atoms with E-state index in [1.807, 2.05) is 6.20 Å². The quantitative estimate of drug-likeness (QED) is 0.547. The first kappa shape index (κ1) is 5.06. The van der Waals surface area contributed by atoms with Gasteiger partial charge in [0.2, 0.25) is 0 Å². The minimum atomic E-state index is 0.735. The highest BCUT2D eigenvalue weighted by Crippen LogP contribution is 2.14. The molecule has 0 fully saturated rings. The predicted molar refractivity (Wildman–Crippen MR) is 33.9 cm³/mol. The fourth-order valence-electron chi connectivity index (χ4n) is 1.04. The van der Waals surface area contributed by atoms with E-state index in [1.54, 1.807) is 0 Å². The maximum atomic E-state index is 5.17. The molecule has 0 aliphatic carbocycles. The van der Waals surface area contributed by atoms with Gasteiger partial charge in [0.15, 0.2) is 0 Å². The second kappa shape index (κ2) is 1.88. The number of rotatable bonds is 0. The van der Waals surface area contributed by atoms with E-state index in [-0.39, 0.29) is 0 Å². The van der Waals surface area contributed by atoms with Crippen LogP contribution in [-0.2, 0) is 11.3 Å². The zero-order chi connectivity index (χ0) is 6.10. The van der Waals surface area contributed by atoms with Gasteiger partial charge in [0.25, 0.3) is 0 Å². The SMILES string of the molecule is [CH]1COCc2[nH]ccc21. The molecule has 0 atom stereocenters. The molecule has 0 spiro atoms. The van der Waals surface area contributed by atoms with Crippen molar-refractivity contribution >= 4 is 0 Å². The molecule has 0 bridgehead atoms. The third kappa shape index (κ3) is 0.754. The lowest BCUT2D eigenvalue weighted by atomic mass is 10.1. The van der Waals surface area contributed by atoms with E-state index in [0.717, 1.165) is 13.2 Å². The van der Waals surface area contributed by atoms with E-state index < -0.39 is 0 Å². The Hall–Kier alpha value is -0.760. The maximum absolute atomic E-state index is 5.17. The normalized spacial score (nSPS) is 17.3. The predicted octanol–water partition coefficient (Wildman–Crippen LogP) is 1.10. The molecule has 1 aliphatic rings. The molecule has 0 aromatic carbocycles. The lowest BCUT2D eigenvalue weighted by Crippen LogP contribution is -2.05. The summed E-state index contributed by atoms with van der Waals surface area (Å²) in [5.41, 5.74) is 2.49. The number of hydrogen-bond donors (Lipinski definition) is 1. The van der Waals surface area contributed by atoms with Gasteiger partial charge in [0.05, 0.1) is 13.2 Å². The van der Waals surface area contributed by atoms with E-state index in [1.165, 1.54) is 11.3 Å². The molecule has 47 valence electrons.